The molecule has 1 N–H and O–H groups in total. The van der Waals surface area contributed by atoms with Gasteiger partial charge in [-0.05, 0) is 25.0 Å². The van der Waals surface area contributed by atoms with Crippen LogP contribution in [0.5, 0.6) is 0 Å². The van der Waals surface area contributed by atoms with E-state index in [0.29, 0.717) is 18.7 Å². The average Bonchev–Trinajstić information content (AvgIpc) is 3.07. The number of carbonyl (C=O) groups excluding carboxylic acids is 1. The molecule has 2 atom stereocenters. The lowest BCUT2D eigenvalue weighted by atomic mass is 9.86. The molecule has 0 radical (unpaired) electrons. The number of hydrogen-bond donors (Lipinski definition) is 1. The molecule has 0 bridgehead atoms. The maximum Gasteiger partial charge on any atom is 0.226 e. The number of nitrogens with one attached hydrogen (secondary N) is 1. The highest BCUT2D eigenvalue weighted by Gasteiger charge is 2.37. The molecule has 2 aromatic rings. The molecule has 0 aromatic carbocycles. The highest BCUT2D eigenvalue weighted by atomic mass is 32.2. The lowest BCUT2D eigenvalue weighted by Crippen LogP contribution is -2.26. The number of sulfone groups is 1. The number of nitrogens with zero attached hydrogens (tertiary/aromatic N) is 3. The minimum atomic E-state index is -3.02. The van der Waals surface area contributed by atoms with Crippen molar-refractivity contribution in [2.45, 2.75) is 31.7 Å². The molecule has 1 amide bonds. The Morgan fingerprint density at radius 3 is 2.88 bits per heavy atom. The number of aryl methyl sites for hydroxylation is 1. The molecule has 2 aliphatic heterocycles. The highest BCUT2D eigenvalue weighted by Crippen LogP contribution is 2.41. The number of pyridine rings is 1. The fourth-order valence-electron chi connectivity index (χ4n) is 3.67. The third-order valence-corrected chi connectivity index (χ3v) is 6.52. The molecule has 1 saturated heterocycles. The number of hydrogen-bond acceptors (Lipinski definition) is 5. The van der Waals surface area contributed by atoms with Crippen molar-refractivity contribution in [3.05, 3.63) is 41.3 Å². The zero-order valence-corrected chi connectivity index (χ0v) is 14.1. The van der Waals surface area contributed by atoms with Gasteiger partial charge >= 0.3 is 0 Å². The molecule has 2 aliphatic rings. The lowest BCUT2D eigenvalue weighted by Gasteiger charge is -2.25. The van der Waals surface area contributed by atoms with E-state index in [4.69, 9.17) is 0 Å². The summed E-state index contributed by atoms with van der Waals surface area (Å²) in [5.41, 5.74) is 2.75. The van der Waals surface area contributed by atoms with Crippen molar-refractivity contribution < 1.29 is 13.2 Å². The monoisotopic (exact) mass is 346 g/mol. The van der Waals surface area contributed by atoms with Crippen molar-refractivity contribution in [2.24, 2.45) is 0 Å². The van der Waals surface area contributed by atoms with Gasteiger partial charge in [0, 0.05) is 30.3 Å². The normalized spacial score (nSPS) is 25.3. The molecule has 0 saturated carbocycles. The van der Waals surface area contributed by atoms with Gasteiger partial charge < -0.3 is 5.32 Å². The Labute approximate surface area is 140 Å². The fraction of sp³-hybridized carbons (Fsp3) is 0.438. The van der Waals surface area contributed by atoms with Crippen LogP contribution in [0.4, 0.5) is 5.82 Å². The molecule has 2 aromatic heterocycles. The Bertz CT molecular complexity index is 905. The van der Waals surface area contributed by atoms with E-state index >= 15 is 0 Å². The van der Waals surface area contributed by atoms with Crippen LogP contribution in [0.1, 0.15) is 41.6 Å². The molecule has 8 heteroatoms. The van der Waals surface area contributed by atoms with Crippen molar-refractivity contribution in [1.82, 2.24) is 14.8 Å². The average molecular weight is 346 g/mol. The molecule has 24 heavy (non-hydrogen) atoms. The van der Waals surface area contributed by atoms with Gasteiger partial charge in [-0.3, -0.25) is 9.78 Å². The van der Waals surface area contributed by atoms with Crippen molar-refractivity contribution in [3.8, 4) is 0 Å². The highest BCUT2D eigenvalue weighted by molar-refractivity contribution is 7.91. The molecule has 0 spiro atoms. The van der Waals surface area contributed by atoms with Gasteiger partial charge in [-0.1, -0.05) is 6.07 Å². The molecule has 4 rings (SSSR count). The van der Waals surface area contributed by atoms with Gasteiger partial charge in [0.25, 0.3) is 0 Å². The summed E-state index contributed by atoms with van der Waals surface area (Å²) in [4.78, 5) is 16.4. The maximum atomic E-state index is 12.2. The van der Waals surface area contributed by atoms with Gasteiger partial charge in [0.1, 0.15) is 5.82 Å². The summed E-state index contributed by atoms with van der Waals surface area (Å²) in [6, 6.07) is 3.59. The van der Waals surface area contributed by atoms with E-state index in [9.17, 15) is 13.2 Å². The molecule has 4 heterocycles. The smallest absolute Gasteiger partial charge is 0.226 e. The summed E-state index contributed by atoms with van der Waals surface area (Å²) < 4.78 is 25.3. The van der Waals surface area contributed by atoms with Crippen LogP contribution in [0.15, 0.2) is 24.5 Å². The Kier molecular flexibility index (Phi) is 3.45. The summed E-state index contributed by atoms with van der Waals surface area (Å²) in [6.07, 6.45) is 4.34. The summed E-state index contributed by atoms with van der Waals surface area (Å²) in [7, 11) is -3.02. The van der Waals surface area contributed by atoms with E-state index in [2.05, 4.69) is 15.4 Å². The predicted molar refractivity (Wildman–Crippen MR) is 88.6 cm³/mol. The molecular weight excluding hydrogens is 328 g/mol. The number of anilines is 1. The first-order valence-electron chi connectivity index (χ1n) is 7.94. The van der Waals surface area contributed by atoms with E-state index in [0.717, 1.165) is 16.8 Å². The van der Waals surface area contributed by atoms with E-state index in [1.54, 1.807) is 17.1 Å². The zero-order valence-electron chi connectivity index (χ0n) is 13.3. The molecule has 2 unspecified atom stereocenters. The maximum absolute atomic E-state index is 12.2. The van der Waals surface area contributed by atoms with Crippen LogP contribution in [0.3, 0.4) is 0 Å². The first-order chi connectivity index (χ1) is 11.4. The van der Waals surface area contributed by atoms with Gasteiger partial charge in [0.2, 0.25) is 5.91 Å². The summed E-state index contributed by atoms with van der Waals surface area (Å²) >= 11 is 0. The lowest BCUT2D eigenvalue weighted by molar-refractivity contribution is -0.116. The molecule has 7 nitrogen and oxygen atoms in total. The van der Waals surface area contributed by atoms with Crippen LogP contribution in [-0.4, -0.2) is 40.6 Å². The van der Waals surface area contributed by atoms with Gasteiger partial charge in [-0.25, -0.2) is 13.1 Å². The minimum absolute atomic E-state index is 0.0774. The zero-order chi connectivity index (χ0) is 16.9. The quantitative estimate of drug-likeness (QED) is 0.887. The number of rotatable bonds is 2. The van der Waals surface area contributed by atoms with Gasteiger partial charge in [0.05, 0.1) is 23.2 Å². The number of fused-ring (bicyclic) bond motifs is 1. The van der Waals surface area contributed by atoms with E-state index in [1.807, 2.05) is 19.1 Å². The summed E-state index contributed by atoms with van der Waals surface area (Å²) in [5.74, 6) is 0.700. The standard InChI is InChI=1S/C16H18N4O3S/c1-10-15-13(11-3-2-5-17-8-11)7-14(21)18-16(15)20(19-10)12-4-6-24(22,23)9-12/h2-3,5,8,12-13H,4,6-7,9H2,1H3,(H,18,21). The van der Waals surface area contributed by atoms with E-state index in [-0.39, 0.29) is 29.4 Å². The van der Waals surface area contributed by atoms with Crippen LogP contribution < -0.4 is 5.32 Å². The van der Waals surface area contributed by atoms with Crippen molar-refractivity contribution >= 4 is 21.6 Å². The minimum Gasteiger partial charge on any atom is -0.311 e. The molecule has 126 valence electrons. The molecular formula is C16H18N4O3S. The van der Waals surface area contributed by atoms with Crippen LogP contribution >= 0.6 is 0 Å². The van der Waals surface area contributed by atoms with E-state index in [1.165, 1.54) is 0 Å². The van der Waals surface area contributed by atoms with E-state index < -0.39 is 9.84 Å². The first kappa shape index (κ1) is 15.3. The van der Waals surface area contributed by atoms with Crippen LogP contribution in [0.2, 0.25) is 0 Å². The number of carbonyl (C=O) groups is 1. The van der Waals surface area contributed by atoms with Crippen LogP contribution in [0.25, 0.3) is 0 Å². The van der Waals surface area contributed by atoms with Crippen LogP contribution in [-0.2, 0) is 14.6 Å². The number of aromatic nitrogens is 3. The Morgan fingerprint density at radius 2 is 2.21 bits per heavy atom. The van der Waals surface area contributed by atoms with Gasteiger partial charge in [0.15, 0.2) is 9.84 Å². The Morgan fingerprint density at radius 1 is 1.38 bits per heavy atom. The summed E-state index contributed by atoms with van der Waals surface area (Å²) in [6.45, 7) is 1.90. The molecule has 0 aliphatic carbocycles. The first-order valence-corrected chi connectivity index (χ1v) is 9.76. The second kappa shape index (κ2) is 5.41. The summed E-state index contributed by atoms with van der Waals surface area (Å²) in [5, 5.41) is 7.47. The third kappa shape index (κ3) is 2.50. The second-order valence-electron chi connectivity index (χ2n) is 6.44. The predicted octanol–water partition coefficient (Wildman–Crippen LogP) is 1.42. The van der Waals surface area contributed by atoms with Crippen LogP contribution in [0, 0.1) is 6.92 Å². The topological polar surface area (TPSA) is 93.9 Å². The largest absolute Gasteiger partial charge is 0.311 e. The Hall–Kier alpha value is -2.22. The Balaban J connectivity index is 1.81. The van der Waals surface area contributed by atoms with Crippen molar-refractivity contribution in [3.63, 3.8) is 0 Å². The number of amides is 1. The fourth-order valence-corrected chi connectivity index (χ4v) is 5.36. The SMILES string of the molecule is Cc1nn(C2CCS(=O)(=O)C2)c2c1C(c1cccnc1)CC(=O)N2. The second-order valence-corrected chi connectivity index (χ2v) is 8.67. The molecule has 1 fully saturated rings. The van der Waals surface area contributed by atoms with Crippen molar-refractivity contribution in [2.75, 3.05) is 16.8 Å². The third-order valence-electron chi connectivity index (χ3n) is 4.77. The van der Waals surface area contributed by atoms with Gasteiger partial charge in [-0.2, -0.15) is 5.10 Å². The van der Waals surface area contributed by atoms with Crippen molar-refractivity contribution in [1.29, 1.82) is 0 Å². The van der Waals surface area contributed by atoms with Gasteiger partial charge in [-0.15, -0.1) is 0 Å².